The van der Waals surface area contributed by atoms with Crippen LogP contribution in [0.1, 0.15) is 40.2 Å². The molecule has 318 valence electrons. The molecule has 11 rings (SSSR count). The summed E-state index contributed by atoms with van der Waals surface area (Å²) in [4.78, 5) is 13.1. The zero-order valence-corrected chi connectivity index (χ0v) is 36.7. The van der Waals surface area contributed by atoms with Crippen molar-refractivity contribution < 1.29 is 0 Å². The van der Waals surface area contributed by atoms with Gasteiger partial charge >= 0.3 is 0 Å². The Morgan fingerprint density at radius 1 is 0.646 bits per heavy atom. The van der Waals surface area contributed by atoms with Crippen LogP contribution < -0.4 is 15.5 Å². The summed E-state index contributed by atoms with van der Waals surface area (Å²) in [6.07, 6.45) is 2.74. The third-order valence-corrected chi connectivity index (χ3v) is 12.5. The third-order valence-electron chi connectivity index (χ3n) is 12.5. The molecule has 1 aromatic heterocycles. The van der Waals surface area contributed by atoms with E-state index in [-0.39, 0.29) is 12.0 Å². The number of aliphatic imine (C=N–C) groups is 1. The first-order valence-electron chi connectivity index (χ1n) is 22.1. The Kier molecular flexibility index (Phi) is 12.5. The second-order valence-electron chi connectivity index (χ2n) is 16.5. The van der Waals surface area contributed by atoms with Crippen LogP contribution in [-0.4, -0.2) is 36.7 Å². The molecule has 0 radical (unpaired) electrons. The maximum Gasteiger partial charge on any atom is 0.133 e. The fraction of sp³-hybridized carbons (Fsp3) is 0.102. The van der Waals surface area contributed by atoms with E-state index >= 15 is 0 Å². The molecule has 8 aromatic carbocycles. The van der Waals surface area contributed by atoms with Crippen LogP contribution in [0, 0.1) is 12.3 Å². The van der Waals surface area contributed by atoms with Crippen LogP contribution in [-0.2, 0) is 0 Å². The van der Waals surface area contributed by atoms with E-state index in [9.17, 15) is 5.41 Å². The van der Waals surface area contributed by atoms with Crippen LogP contribution in [0.4, 0.5) is 22.9 Å². The van der Waals surface area contributed by atoms with Crippen LogP contribution in [0.5, 0.6) is 0 Å². The number of nitrogens with one attached hydrogen (secondary N) is 1. The molecule has 3 N–H and O–H groups in total. The number of hydrogen-bond acceptors (Lipinski definition) is 6. The number of pyridine rings is 1. The van der Waals surface area contributed by atoms with Crippen molar-refractivity contribution in [3.8, 4) is 11.1 Å². The zero-order chi connectivity index (χ0) is 44.7. The van der Waals surface area contributed by atoms with Crippen LogP contribution in [0.15, 0.2) is 218 Å². The second kappa shape index (κ2) is 19.2. The highest BCUT2D eigenvalue weighted by molar-refractivity contribution is 6.14. The Labute approximate surface area is 382 Å². The Hall–Kier alpha value is -7.93. The molecule has 0 aliphatic carbocycles. The number of allylic oxidation sites excluding steroid dienone is 1. The van der Waals surface area contributed by atoms with Crippen molar-refractivity contribution in [1.29, 1.82) is 5.41 Å². The van der Waals surface area contributed by atoms with Gasteiger partial charge in [-0.2, -0.15) is 0 Å². The molecule has 2 unspecified atom stereocenters. The molecule has 0 amide bonds. The van der Waals surface area contributed by atoms with Gasteiger partial charge < -0.3 is 15.5 Å². The van der Waals surface area contributed by atoms with Crippen molar-refractivity contribution >= 4 is 62.4 Å². The summed E-state index contributed by atoms with van der Waals surface area (Å²) in [6, 6.07) is 70.3. The van der Waals surface area contributed by atoms with Gasteiger partial charge in [-0.25, -0.2) is 4.98 Å². The number of aryl methyl sites for hydroxylation is 1. The van der Waals surface area contributed by atoms with Gasteiger partial charge in [-0.1, -0.05) is 176 Å². The largest absolute Gasteiger partial charge is 0.338 e. The lowest BCUT2D eigenvalue weighted by molar-refractivity contribution is 0.563. The SMILES string of the molecule is C=C1CC2c3c(ccc4ccccc34)N(c3ccccn3)C2CN(c2cc(C(=N)c3ccccc3)cc3ccccc23)c2ccccc21.C=NCN.Cc1ccc(-c2ccccc2)cc1. The number of aromatic nitrogens is 1. The summed E-state index contributed by atoms with van der Waals surface area (Å²) in [6.45, 7) is 11.0. The second-order valence-corrected chi connectivity index (χ2v) is 16.5. The van der Waals surface area contributed by atoms with Crippen LogP contribution in [0.3, 0.4) is 0 Å². The number of nitrogens with two attached hydrogens (primary N) is 1. The minimum absolute atomic E-state index is 0.0711. The Morgan fingerprint density at radius 3 is 2.00 bits per heavy atom. The van der Waals surface area contributed by atoms with E-state index in [1.807, 2.05) is 48.7 Å². The average Bonchev–Trinajstić information content (AvgIpc) is 3.67. The van der Waals surface area contributed by atoms with Crippen LogP contribution in [0.25, 0.3) is 38.2 Å². The lowest BCUT2D eigenvalue weighted by atomic mass is 9.82. The van der Waals surface area contributed by atoms with Gasteiger partial charge in [0.15, 0.2) is 0 Å². The highest BCUT2D eigenvalue weighted by atomic mass is 15.3. The molecule has 3 heterocycles. The summed E-state index contributed by atoms with van der Waals surface area (Å²) in [5, 5.41) is 14.1. The van der Waals surface area contributed by atoms with Crippen molar-refractivity contribution in [3.05, 3.63) is 241 Å². The number of nitrogens with zero attached hydrogens (tertiary/aromatic N) is 4. The summed E-state index contributed by atoms with van der Waals surface area (Å²) in [5.41, 5.74) is 18.1. The fourth-order valence-electron chi connectivity index (χ4n) is 9.37. The molecule has 9 aromatic rings. The molecule has 65 heavy (non-hydrogen) atoms. The first-order chi connectivity index (χ1) is 31.9. The number of benzene rings is 8. The van der Waals surface area contributed by atoms with E-state index in [0.29, 0.717) is 12.4 Å². The summed E-state index contributed by atoms with van der Waals surface area (Å²) >= 11 is 0. The van der Waals surface area contributed by atoms with E-state index in [1.54, 1.807) is 0 Å². The van der Waals surface area contributed by atoms with Crippen molar-refractivity contribution in [1.82, 2.24) is 4.98 Å². The van der Waals surface area contributed by atoms with Crippen molar-refractivity contribution in [3.63, 3.8) is 0 Å². The third kappa shape index (κ3) is 8.72. The molecule has 0 fully saturated rings. The average molecular weight is 845 g/mol. The first-order valence-corrected chi connectivity index (χ1v) is 22.1. The minimum Gasteiger partial charge on any atom is -0.338 e. The molecule has 0 saturated heterocycles. The van der Waals surface area contributed by atoms with E-state index in [2.05, 4.69) is 186 Å². The Bertz CT molecular complexity index is 3110. The standard InChI is InChI=1S/C44H34N4.C13H12.C2H6N2/c1-29-25-37-41(48(42-21-11-12-24-46-42)39-23-22-30-13-5-8-19-36(30)43(37)39)28-47(38-20-10-9-17-34(29)38)40-27-33(26-32-16-6-7-18-35(32)40)44(45)31-14-3-2-4-15-31;1-11-7-9-13(10-8-11)12-5-3-2-4-6-12;1-4-2-3/h2-24,26-27,37,41,45H,1,25,28H2;2-10H,1H3;1-3H2. The predicted molar refractivity (Wildman–Crippen MR) is 275 cm³/mol. The topological polar surface area (TPSA) is 81.6 Å². The quantitative estimate of drug-likeness (QED) is 0.163. The van der Waals surface area contributed by atoms with E-state index in [0.717, 1.165) is 57.6 Å². The van der Waals surface area contributed by atoms with E-state index in [1.165, 1.54) is 44.3 Å². The normalized spacial score (nSPS) is 15.0. The Morgan fingerprint density at radius 2 is 1.28 bits per heavy atom. The number of rotatable bonds is 6. The van der Waals surface area contributed by atoms with Gasteiger partial charge in [0.2, 0.25) is 0 Å². The molecular formula is C59H52N6. The predicted octanol–water partition coefficient (Wildman–Crippen LogP) is 13.9. The molecule has 6 heteroatoms. The maximum atomic E-state index is 9.29. The summed E-state index contributed by atoms with van der Waals surface area (Å²) < 4.78 is 0. The lowest BCUT2D eigenvalue weighted by Gasteiger charge is -2.39. The van der Waals surface area contributed by atoms with E-state index in [4.69, 9.17) is 17.3 Å². The number of para-hydroxylation sites is 1. The molecule has 2 aliphatic rings. The number of hydrogen-bond donors (Lipinski definition) is 2. The fourth-order valence-corrected chi connectivity index (χ4v) is 9.37. The molecular weight excluding hydrogens is 793 g/mol. The first kappa shape index (κ1) is 42.4. The highest BCUT2D eigenvalue weighted by Gasteiger charge is 2.44. The molecule has 2 atom stereocenters. The monoisotopic (exact) mass is 844 g/mol. The minimum atomic E-state index is 0.0711. The summed E-state index contributed by atoms with van der Waals surface area (Å²) in [7, 11) is 0. The van der Waals surface area contributed by atoms with Gasteiger partial charge in [0.1, 0.15) is 5.82 Å². The zero-order valence-electron chi connectivity index (χ0n) is 36.7. The summed E-state index contributed by atoms with van der Waals surface area (Å²) in [5.74, 6) is 1.14. The van der Waals surface area contributed by atoms with Gasteiger partial charge in [-0.05, 0) is 100 Å². The van der Waals surface area contributed by atoms with Gasteiger partial charge in [0.05, 0.1) is 18.4 Å². The molecule has 6 nitrogen and oxygen atoms in total. The lowest BCUT2D eigenvalue weighted by Crippen LogP contribution is -2.42. The number of anilines is 4. The smallest absolute Gasteiger partial charge is 0.133 e. The number of fused-ring (bicyclic) bond motifs is 7. The van der Waals surface area contributed by atoms with Crippen molar-refractivity contribution in [2.45, 2.75) is 25.3 Å². The molecule has 0 bridgehead atoms. The molecule has 2 aliphatic heterocycles. The van der Waals surface area contributed by atoms with Crippen molar-refractivity contribution in [2.24, 2.45) is 10.7 Å². The highest BCUT2D eigenvalue weighted by Crippen LogP contribution is 2.54. The van der Waals surface area contributed by atoms with Crippen LogP contribution >= 0.6 is 0 Å². The maximum absolute atomic E-state index is 9.29. The molecule has 0 saturated carbocycles. The Balaban J connectivity index is 0.000000264. The van der Waals surface area contributed by atoms with Crippen LogP contribution in [0.2, 0.25) is 0 Å². The van der Waals surface area contributed by atoms with Gasteiger partial charge in [-0.3, -0.25) is 10.4 Å². The van der Waals surface area contributed by atoms with E-state index < -0.39 is 0 Å². The van der Waals surface area contributed by atoms with Crippen molar-refractivity contribution in [2.75, 3.05) is 23.0 Å². The molecule has 0 spiro atoms. The van der Waals surface area contributed by atoms with Gasteiger partial charge in [-0.15, -0.1) is 0 Å². The van der Waals surface area contributed by atoms with Gasteiger partial charge in [0.25, 0.3) is 0 Å². The van der Waals surface area contributed by atoms with Gasteiger partial charge in [0, 0.05) is 52.2 Å².